The Morgan fingerprint density at radius 3 is 2.83 bits per heavy atom. The lowest BCUT2D eigenvalue weighted by atomic mass is 9.95. The minimum atomic E-state index is -3.48. The molecule has 0 spiro atoms. The zero-order valence-electron chi connectivity index (χ0n) is 12.8. The molecule has 1 aromatic rings. The van der Waals surface area contributed by atoms with Crippen molar-refractivity contribution in [3.63, 3.8) is 0 Å². The summed E-state index contributed by atoms with van der Waals surface area (Å²) in [5.74, 6) is 1.67. The summed E-state index contributed by atoms with van der Waals surface area (Å²) in [4.78, 5) is 0. The molecule has 0 unspecified atom stereocenters. The molecule has 2 heterocycles. The maximum absolute atomic E-state index is 12.5. The molecule has 1 N–H and O–H groups in total. The standard InChI is InChI=1S/C17H20N2O2S2/c20-23(21,17-4-2-10-22-17)19-8-1-3-15(7-9-19)18-16-12-13-5-6-14(16)11-13/h1-4,7-10,13-14,16,18H,5-6,11-12H2/t13-,14+,16+/m0/s1. The largest absolute Gasteiger partial charge is 0.382 e. The molecule has 0 saturated heterocycles. The van der Waals surface area contributed by atoms with Gasteiger partial charge in [-0.1, -0.05) is 12.5 Å². The van der Waals surface area contributed by atoms with Crippen LogP contribution in [0.15, 0.2) is 58.0 Å². The summed E-state index contributed by atoms with van der Waals surface area (Å²) in [6.45, 7) is 0. The van der Waals surface area contributed by atoms with Crippen molar-refractivity contribution in [2.24, 2.45) is 11.8 Å². The molecule has 3 atom stereocenters. The van der Waals surface area contributed by atoms with Crippen molar-refractivity contribution in [1.82, 2.24) is 9.62 Å². The monoisotopic (exact) mass is 348 g/mol. The molecule has 0 amide bonds. The lowest BCUT2D eigenvalue weighted by molar-refractivity contribution is 0.376. The van der Waals surface area contributed by atoms with E-state index in [0.717, 1.165) is 17.5 Å². The van der Waals surface area contributed by atoms with Crippen LogP contribution in [0, 0.1) is 11.8 Å². The molecule has 0 aromatic carbocycles. The highest BCUT2D eigenvalue weighted by molar-refractivity contribution is 7.91. The number of nitrogens with zero attached hydrogens (tertiary/aromatic N) is 1. The first-order valence-electron chi connectivity index (χ1n) is 8.03. The topological polar surface area (TPSA) is 49.4 Å². The Hall–Kier alpha value is -1.53. The lowest BCUT2D eigenvalue weighted by Gasteiger charge is -2.24. The third-order valence-electron chi connectivity index (χ3n) is 5.03. The van der Waals surface area contributed by atoms with E-state index in [-0.39, 0.29) is 0 Å². The Labute approximate surface area is 141 Å². The van der Waals surface area contributed by atoms with Crippen molar-refractivity contribution in [2.75, 3.05) is 0 Å². The summed E-state index contributed by atoms with van der Waals surface area (Å²) in [5.41, 5.74) is 0.989. The van der Waals surface area contributed by atoms with Gasteiger partial charge in [0.15, 0.2) is 0 Å². The van der Waals surface area contributed by atoms with Crippen LogP contribution in [-0.4, -0.2) is 18.8 Å². The number of nitrogens with one attached hydrogen (secondary N) is 1. The number of rotatable bonds is 4. The second-order valence-electron chi connectivity index (χ2n) is 6.47. The highest BCUT2D eigenvalue weighted by Gasteiger charge is 2.39. The van der Waals surface area contributed by atoms with E-state index in [1.54, 1.807) is 36.0 Å². The van der Waals surface area contributed by atoms with E-state index < -0.39 is 10.0 Å². The molecule has 3 aliphatic rings. The van der Waals surface area contributed by atoms with Crippen LogP contribution in [0.5, 0.6) is 0 Å². The first-order valence-corrected chi connectivity index (χ1v) is 10.4. The van der Waals surface area contributed by atoms with Gasteiger partial charge in [-0.15, -0.1) is 11.3 Å². The Morgan fingerprint density at radius 2 is 2.13 bits per heavy atom. The molecular weight excluding hydrogens is 328 g/mol. The van der Waals surface area contributed by atoms with Gasteiger partial charge >= 0.3 is 0 Å². The van der Waals surface area contributed by atoms with Crippen LogP contribution in [0.1, 0.15) is 25.7 Å². The third-order valence-corrected chi connectivity index (χ3v) is 8.05. The average Bonchev–Trinajstić information content (AvgIpc) is 3.24. The van der Waals surface area contributed by atoms with Gasteiger partial charge in [0.2, 0.25) is 0 Å². The van der Waals surface area contributed by atoms with Crippen LogP contribution in [0.4, 0.5) is 0 Å². The predicted octanol–water partition coefficient (Wildman–Crippen LogP) is 3.44. The van der Waals surface area contributed by atoms with Crippen LogP contribution in [0.2, 0.25) is 0 Å². The van der Waals surface area contributed by atoms with Crippen molar-refractivity contribution in [3.8, 4) is 0 Å². The van der Waals surface area contributed by atoms with Gasteiger partial charge in [-0.25, -0.2) is 4.31 Å². The summed E-state index contributed by atoms with van der Waals surface area (Å²) in [7, 11) is -3.48. The van der Waals surface area contributed by atoms with E-state index in [1.807, 2.05) is 12.2 Å². The molecule has 0 radical (unpaired) electrons. The van der Waals surface area contributed by atoms with Gasteiger partial charge in [-0.3, -0.25) is 0 Å². The van der Waals surface area contributed by atoms with Gasteiger partial charge in [-0.05, 0) is 60.8 Å². The molecule has 2 saturated carbocycles. The number of fused-ring (bicyclic) bond motifs is 2. The van der Waals surface area contributed by atoms with Gasteiger partial charge in [0.1, 0.15) is 4.21 Å². The Kier molecular flexibility index (Phi) is 3.81. The number of thiophene rings is 1. The van der Waals surface area contributed by atoms with Crippen LogP contribution in [0.25, 0.3) is 0 Å². The van der Waals surface area contributed by atoms with Gasteiger partial charge < -0.3 is 5.32 Å². The second-order valence-corrected chi connectivity index (χ2v) is 9.49. The van der Waals surface area contributed by atoms with E-state index in [9.17, 15) is 8.42 Å². The fourth-order valence-electron chi connectivity index (χ4n) is 3.90. The fourth-order valence-corrected chi connectivity index (χ4v) is 6.17. The zero-order chi connectivity index (χ0) is 15.9. The summed E-state index contributed by atoms with van der Waals surface area (Å²) >= 11 is 1.24. The molecule has 1 aliphatic heterocycles. The minimum absolute atomic E-state index is 0.358. The Bertz CT molecular complexity index is 763. The summed E-state index contributed by atoms with van der Waals surface area (Å²) < 4.78 is 26.7. The van der Waals surface area contributed by atoms with Crippen molar-refractivity contribution < 1.29 is 8.42 Å². The van der Waals surface area contributed by atoms with Crippen molar-refractivity contribution in [2.45, 2.75) is 35.9 Å². The molecule has 2 aliphatic carbocycles. The SMILES string of the molecule is O=S(=O)(c1cccs1)N1C=CC=C(N[C@@H]2C[C@H]3CC[C@@H]2C3)C=C1. The molecule has 4 nitrogen and oxygen atoms in total. The molecule has 122 valence electrons. The average molecular weight is 348 g/mol. The lowest BCUT2D eigenvalue weighted by Crippen LogP contribution is -2.32. The molecular formula is C17H20N2O2S2. The predicted molar refractivity (Wildman–Crippen MR) is 92.1 cm³/mol. The van der Waals surface area contributed by atoms with Gasteiger partial charge in [0.25, 0.3) is 10.0 Å². The quantitative estimate of drug-likeness (QED) is 0.907. The van der Waals surface area contributed by atoms with Crippen molar-refractivity contribution >= 4 is 21.4 Å². The molecule has 23 heavy (non-hydrogen) atoms. The second kappa shape index (κ2) is 5.83. The van der Waals surface area contributed by atoms with Crippen LogP contribution < -0.4 is 5.32 Å². The van der Waals surface area contributed by atoms with Crippen LogP contribution >= 0.6 is 11.3 Å². The normalized spacial score (nSPS) is 29.7. The summed E-state index contributed by atoms with van der Waals surface area (Å²) in [6.07, 6.45) is 14.1. The fraction of sp³-hybridized carbons (Fsp3) is 0.412. The molecule has 4 rings (SSSR count). The van der Waals surface area contributed by atoms with Gasteiger partial charge in [-0.2, -0.15) is 8.42 Å². The Morgan fingerprint density at radius 1 is 1.22 bits per heavy atom. The third kappa shape index (κ3) is 2.85. The number of sulfonamides is 1. The zero-order valence-corrected chi connectivity index (χ0v) is 14.4. The molecule has 1 aromatic heterocycles. The minimum Gasteiger partial charge on any atom is -0.382 e. The van der Waals surface area contributed by atoms with Gasteiger partial charge in [0, 0.05) is 24.1 Å². The first-order chi connectivity index (χ1) is 11.1. The van der Waals surface area contributed by atoms with E-state index in [1.165, 1.54) is 41.3 Å². The van der Waals surface area contributed by atoms with E-state index in [4.69, 9.17) is 0 Å². The number of allylic oxidation sites excluding steroid dienone is 3. The smallest absolute Gasteiger partial charge is 0.277 e. The maximum Gasteiger partial charge on any atom is 0.277 e. The number of hydrogen-bond donors (Lipinski definition) is 1. The molecule has 2 bridgehead atoms. The molecule has 2 fully saturated rings. The first kappa shape index (κ1) is 15.0. The van der Waals surface area contributed by atoms with E-state index in [2.05, 4.69) is 5.32 Å². The van der Waals surface area contributed by atoms with Crippen molar-refractivity contribution in [3.05, 3.63) is 53.8 Å². The number of hydrogen-bond acceptors (Lipinski definition) is 4. The highest BCUT2D eigenvalue weighted by atomic mass is 32.2. The Balaban J connectivity index is 1.48. The molecule has 6 heteroatoms. The maximum atomic E-state index is 12.5. The van der Waals surface area contributed by atoms with Crippen molar-refractivity contribution in [1.29, 1.82) is 0 Å². The van der Waals surface area contributed by atoms with Crippen LogP contribution in [-0.2, 0) is 10.0 Å². The van der Waals surface area contributed by atoms with E-state index in [0.29, 0.717) is 10.3 Å². The summed E-state index contributed by atoms with van der Waals surface area (Å²) in [5, 5.41) is 5.38. The summed E-state index contributed by atoms with van der Waals surface area (Å²) in [6, 6.07) is 3.93. The van der Waals surface area contributed by atoms with Crippen LogP contribution in [0.3, 0.4) is 0 Å². The highest BCUT2D eigenvalue weighted by Crippen LogP contribution is 2.44. The van der Waals surface area contributed by atoms with E-state index >= 15 is 0 Å². The van der Waals surface area contributed by atoms with Gasteiger partial charge in [0.05, 0.1) is 0 Å².